The van der Waals surface area contributed by atoms with E-state index in [1.165, 1.54) is 18.2 Å². The number of carboxylic acids is 1. The Kier molecular flexibility index (Phi) is 12.8. The zero-order valence-electron chi connectivity index (χ0n) is 32.6. The molecule has 286 valence electrons. The average Bonchev–Trinajstić information content (AvgIpc) is 3.24. The summed E-state index contributed by atoms with van der Waals surface area (Å²) in [6, 6.07) is 8.30. The van der Waals surface area contributed by atoms with Gasteiger partial charge in [-0.3, -0.25) is 4.79 Å². The second-order valence-corrected chi connectivity index (χ2v) is 18.7. The van der Waals surface area contributed by atoms with Crippen molar-refractivity contribution in [2.24, 2.45) is 5.41 Å². The predicted octanol–water partition coefficient (Wildman–Crippen LogP) is 4.13. The molecule has 1 unspecified atom stereocenters. The molecule has 0 aliphatic carbocycles. The summed E-state index contributed by atoms with van der Waals surface area (Å²) in [6.07, 6.45) is 10.4. The standard InChI is InChI=1S/C40H50N2O9S2.Na/c1-9-42-33-24-34-30(23-29(33)26(2)25-39(42,6)7)27(21-36(51-34)38(3,4)5)13-10-14-35-40(8,18-11-15-37(43)44)31-22-28(53(48,49)50)16-17-32(31)41(35)19-12-20-52(45,46)47;/h10,13-14,16-17,21-25H,9,11-12,15,18-20H2,1-8H3,(H2-,43,44,45,46,47,48,49,50);/q;+1/p-1. The van der Waals surface area contributed by atoms with Crippen molar-refractivity contribution in [3.8, 4) is 5.75 Å². The molecule has 0 saturated carbocycles. The van der Waals surface area contributed by atoms with E-state index >= 15 is 0 Å². The molecule has 1 atom stereocenters. The molecule has 5 rings (SSSR count). The zero-order valence-corrected chi connectivity index (χ0v) is 36.3. The summed E-state index contributed by atoms with van der Waals surface area (Å²) in [5.74, 6) is -0.0864. The van der Waals surface area contributed by atoms with Crippen molar-refractivity contribution < 1.29 is 74.7 Å². The average molecular weight is 789 g/mol. The fourth-order valence-electron chi connectivity index (χ4n) is 7.79. The van der Waals surface area contributed by atoms with Gasteiger partial charge in [0.15, 0.2) is 5.71 Å². The number of hydrogen-bond donors (Lipinski definition) is 1. The minimum absolute atomic E-state index is 0. The third-order valence-electron chi connectivity index (χ3n) is 10.3. The molecule has 2 aromatic carbocycles. The third-order valence-corrected chi connectivity index (χ3v) is 11.9. The molecule has 11 nitrogen and oxygen atoms in total. The van der Waals surface area contributed by atoms with Crippen molar-refractivity contribution in [2.75, 3.05) is 23.7 Å². The zero-order chi connectivity index (χ0) is 39.3. The van der Waals surface area contributed by atoms with Gasteiger partial charge >= 0.3 is 35.5 Å². The van der Waals surface area contributed by atoms with Crippen LogP contribution in [0.2, 0.25) is 0 Å². The molecule has 0 radical (unpaired) electrons. The van der Waals surface area contributed by atoms with Crippen LogP contribution in [0, 0.1) is 5.41 Å². The van der Waals surface area contributed by atoms with Crippen LogP contribution >= 0.6 is 0 Å². The fraction of sp³-hybridized carbons (Fsp3) is 0.450. The number of fused-ring (bicyclic) bond motifs is 3. The Morgan fingerprint density at radius 3 is 2.31 bits per heavy atom. The molecule has 14 heteroatoms. The van der Waals surface area contributed by atoms with Crippen molar-refractivity contribution in [1.29, 1.82) is 0 Å². The number of carboxylic acid groups (broad SMARTS) is 1. The van der Waals surface area contributed by atoms with Gasteiger partial charge in [0.05, 0.1) is 26.0 Å². The number of hydrogen-bond acceptors (Lipinski definition) is 9. The second-order valence-electron chi connectivity index (χ2n) is 15.8. The van der Waals surface area contributed by atoms with Crippen LogP contribution in [0.1, 0.15) is 97.8 Å². The van der Waals surface area contributed by atoms with Gasteiger partial charge in [0.1, 0.15) is 28.2 Å². The Morgan fingerprint density at radius 1 is 1.04 bits per heavy atom. The van der Waals surface area contributed by atoms with Crippen molar-refractivity contribution >= 4 is 54.4 Å². The number of aliphatic carboxylic acids is 1. The quantitative estimate of drug-likeness (QED) is 0.188. The summed E-state index contributed by atoms with van der Waals surface area (Å²) in [4.78, 5) is 13.5. The Labute approximate surface area is 342 Å². The minimum atomic E-state index is -4.82. The normalized spacial score (nSPS) is 20.2. The molecular formula is C40H49N2NaO9S2. The van der Waals surface area contributed by atoms with E-state index in [-0.39, 0.29) is 72.7 Å². The maximum atomic E-state index is 12.1. The molecule has 0 fully saturated rings. The molecule has 3 heterocycles. The first-order valence-electron chi connectivity index (χ1n) is 17.8. The van der Waals surface area contributed by atoms with Gasteiger partial charge in [-0.2, -0.15) is 4.58 Å². The molecule has 3 aliphatic heterocycles. The van der Waals surface area contributed by atoms with Crippen molar-refractivity contribution in [3.05, 3.63) is 83.2 Å². The molecule has 0 amide bonds. The summed E-state index contributed by atoms with van der Waals surface area (Å²) in [5.41, 5.74) is 5.37. The van der Waals surface area contributed by atoms with E-state index in [1.807, 2.05) is 35.8 Å². The summed E-state index contributed by atoms with van der Waals surface area (Å²) < 4.78 is 79.4. The first-order valence-corrected chi connectivity index (χ1v) is 20.8. The summed E-state index contributed by atoms with van der Waals surface area (Å²) >= 11 is 0. The van der Waals surface area contributed by atoms with Crippen molar-refractivity contribution in [3.63, 3.8) is 0 Å². The minimum Gasteiger partial charge on any atom is -0.748 e. The number of ether oxygens (including phenoxy) is 1. The van der Waals surface area contributed by atoms with Crippen LogP contribution in [0.25, 0.3) is 11.1 Å². The molecule has 0 aromatic heterocycles. The van der Waals surface area contributed by atoms with Gasteiger partial charge in [0.2, 0.25) is 5.69 Å². The van der Waals surface area contributed by atoms with Crippen LogP contribution < -0.4 is 39.2 Å². The maximum Gasteiger partial charge on any atom is 1.00 e. The monoisotopic (exact) mass is 788 g/mol. The smallest absolute Gasteiger partial charge is 0.748 e. The van der Waals surface area contributed by atoms with E-state index < -0.39 is 42.3 Å². The van der Waals surface area contributed by atoms with Crippen LogP contribution in [-0.4, -0.2) is 71.7 Å². The van der Waals surface area contributed by atoms with Gasteiger partial charge < -0.3 is 23.8 Å². The van der Waals surface area contributed by atoms with Crippen LogP contribution in [0.3, 0.4) is 0 Å². The van der Waals surface area contributed by atoms with Gasteiger partial charge in [0.25, 0.3) is 0 Å². The molecule has 0 spiro atoms. The van der Waals surface area contributed by atoms with Gasteiger partial charge in [0, 0.05) is 71.1 Å². The van der Waals surface area contributed by atoms with Gasteiger partial charge in [-0.15, -0.1) is 0 Å². The number of likely N-dealkylation sites (N-methyl/N-ethyl adjacent to an activating group) is 1. The molecule has 0 bridgehead atoms. The number of rotatable bonds is 12. The molecule has 3 aliphatic rings. The SMILES string of the molecule is CCN1c2cc3c(cc2C(C)=CC1(C)C)C(=CC=CC1=[N+](CCCS(=O)(=O)[O-])c2ccc(S(=O)(=O)[O-])cc2C1(C)CCCC(=O)O)C=C(C(C)(C)C)O3.[Na+]. The van der Waals surface area contributed by atoms with E-state index in [1.54, 1.807) is 0 Å². The van der Waals surface area contributed by atoms with Gasteiger partial charge in [-0.25, -0.2) is 16.8 Å². The van der Waals surface area contributed by atoms with E-state index in [0.29, 0.717) is 17.0 Å². The fourth-order valence-corrected chi connectivity index (χ4v) is 8.77. The molecule has 2 aromatic rings. The summed E-state index contributed by atoms with van der Waals surface area (Å²) in [6.45, 7) is 17.6. The summed E-state index contributed by atoms with van der Waals surface area (Å²) in [7, 11) is -9.34. The molecule has 54 heavy (non-hydrogen) atoms. The topological polar surface area (TPSA) is 167 Å². The number of allylic oxidation sites excluding steroid dienone is 7. The molecular weight excluding hydrogens is 740 g/mol. The van der Waals surface area contributed by atoms with E-state index in [9.17, 15) is 35.8 Å². The van der Waals surface area contributed by atoms with Gasteiger partial charge in [-0.1, -0.05) is 39.0 Å². The van der Waals surface area contributed by atoms with E-state index in [4.69, 9.17) is 4.74 Å². The van der Waals surface area contributed by atoms with E-state index in [2.05, 4.69) is 71.6 Å². The number of benzene rings is 2. The number of carbonyl (C=O) groups is 1. The first kappa shape index (κ1) is 43.7. The number of anilines is 1. The van der Waals surface area contributed by atoms with E-state index in [0.717, 1.165) is 46.0 Å². The molecule has 1 N–H and O–H groups in total. The predicted molar refractivity (Wildman–Crippen MR) is 205 cm³/mol. The third kappa shape index (κ3) is 9.15. The maximum absolute atomic E-state index is 12.1. The van der Waals surface area contributed by atoms with Crippen LogP contribution in [0.5, 0.6) is 5.75 Å². The van der Waals surface area contributed by atoms with Gasteiger partial charge in [-0.05, 0) is 82.9 Å². The van der Waals surface area contributed by atoms with Crippen LogP contribution in [0.15, 0.2) is 71.4 Å². The van der Waals surface area contributed by atoms with Crippen LogP contribution in [-0.2, 0) is 30.4 Å². The second kappa shape index (κ2) is 15.8. The van der Waals surface area contributed by atoms with Crippen molar-refractivity contribution in [2.45, 2.75) is 96.9 Å². The first-order chi connectivity index (χ1) is 24.5. The summed E-state index contributed by atoms with van der Waals surface area (Å²) in [5, 5.41) is 9.45. The van der Waals surface area contributed by atoms with Crippen molar-refractivity contribution in [1.82, 2.24) is 0 Å². The largest absolute Gasteiger partial charge is 1.00 e. The Morgan fingerprint density at radius 2 is 1.72 bits per heavy atom. The Balaban J connectivity index is 0.00000650. The molecule has 0 saturated heterocycles. The number of nitrogens with zero attached hydrogens (tertiary/aromatic N) is 2. The Bertz CT molecular complexity index is 2230. The van der Waals surface area contributed by atoms with Crippen LogP contribution in [0.4, 0.5) is 11.4 Å². The Hall–Kier alpha value is -3.04.